The van der Waals surface area contributed by atoms with Gasteiger partial charge in [-0.05, 0) is 29.8 Å². The first-order valence-electron chi connectivity index (χ1n) is 8.96. The van der Waals surface area contributed by atoms with Gasteiger partial charge in [-0.2, -0.15) is 5.10 Å². The minimum Gasteiger partial charge on any atom is -0.507 e. The fraction of sp³-hybridized carbons (Fsp3) is 0. The Morgan fingerprint density at radius 3 is 2.34 bits per heavy atom. The normalized spacial score (nSPS) is 10.9. The van der Waals surface area contributed by atoms with E-state index >= 15 is 0 Å². The number of benzene rings is 3. The van der Waals surface area contributed by atoms with E-state index in [-0.39, 0.29) is 5.75 Å². The third-order valence-electron chi connectivity index (χ3n) is 4.20. The van der Waals surface area contributed by atoms with Crippen LogP contribution in [0.1, 0.15) is 5.56 Å². The summed E-state index contributed by atoms with van der Waals surface area (Å²) in [5.41, 5.74) is 6.05. The van der Waals surface area contributed by atoms with E-state index in [1.807, 2.05) is 66.7 Å². The van der Waals surface area contributed by atoms with Crippen molar-refractivity contribution in [3.05, 3.63) is 95.0 Å². The minimum absolute atomic E-state index is 0.162. The molecule has 0 atom stereocenters. The van der Waals surface area contributed by atoms with Crippen molar-refractivity contribution in [1.82, 2.24) is 9.97 Å². The van der Waals surface area contributed by atoms with Crippen LogP contribution in [0.15, 0.2) is 94.5 Å². The number of nitrogens with one attached hydrogen (secondary N) is 1. The molecule has 0 saturated heterocycles. The van der Waals surface area contributed by atoms with Crippen LogP contribution in [0, 0.1) is 0 Å². The van der Waals surface area contributed by atoms with Gasteiger partial charge in [0.05, 0.1) is 11.9 Å². The smallest absolute Gasteiger partial charge is 0.162 e. The molecule has 1 aromatic heterocycles. The van der Waals surface area contributed by atoms with Crippen LogP contribution in [0.3, 0.4) is 0 Å². The second-order valence-corrected chi connectivity index (χ2v) is 7.18. The lowest BCUT2D eigenvalue weighted by molar-refractivity contribution is 0.477. The van der Waals surface area contributed by atoms with Gasteiger partial charge in [0, 0.05) is 21.7 Å². The molecule has 142 valence electrons. The number of rotatable bonds is 5. The molecule has 0 aliphatic carbocycles. The highest BCUT2D eigenvalue weighted by atomic mass is 79.9. The molecule has 4 rings (SSSR count). The predicted octanol–water partition coefficient (Wildman–Crippen LogP) is 5.72. The van der Waals surface area contributed by atoms with Crippen molar-refractivity contribution in [2.45, 2.75) is 0 Å². The predicted molar refractivity (Wildman–Crippen MR) is 120 cm³/mol. The number of aromatic nitrogens is 2. The Labute approximate surface area is 176 Å². The molecular weight excluding hydrogens is 428 g/mol. The van der Waals surface area contributed by atoms with E-state index in [0.29, 0.717) is 22.9 Å². The Hall–Kier alpha value is -3.51. The Morgan fingerprint density at radius 1 is 0.862 bits per heavy atom. The molecule has 4 aromatic rings. The zero-order valence-corrected chi connectivity index (χ0v) is 16.9. The lowest BCUT2D eigenvalue weighted by atomic mass is 10.1. The molecule has 29 heavy (non-hydrogen) atoms. The standard InChI is InChI=1S/C23H17BrN4O/c24-18-12-10-16(11-13-18)15-25-28-22-14-20(19-8-4-5-9-21(19)29)26-23(27-22)17-6-2-1-3-7-17/h1-15,29H,(H,26,27,28)/b25-15+. The van der Waals surface area contributed by atoms with Crippen molar-refractivity contribution in [1.29, 1.82) is 0 Å². The molecule has 0 saturated carbocycles. The summed E-state index contributed by atoms with van der Waals surface area (Å²) >= 11 is 3.42. The van der Waals surface area contributed by atoms with Gasteiger partial charge in [0.2, 0.25) is 0 Å². The Kier molecular flexibility index (Phi) is 5.63. The van der Waals surface area contributed by atoms with Crippen molar-refractivity contribution < 1.29 is 5.11 Å². The molecule has 0 aliphatic rings. The van der Waals surface area contributed by atoms with E-state index in [4.69, 9.17) is 0 Å². The van der Waals surface area contributed by atoms with Gasteiger partial charge >= 0.3 is 0 Å². The van der Waals surface area contributed by atoms with E-state index in [1.54, 1.807) is 24.4 Å². The second kappa shape index (κ2) is 8.67. The highest BCUT2D eigenvalue weighted by Crippen LogP contribution is 2.30. The number of hydrogen-bond donors (Lipinski definition) is 2. The first kappa shape index (κ1) is 18.8. The summed E-state index contributed by atoms with van der Waals surface area (Å²) < 4.78 is 1.01. The number of nitrogens with zero attached hydrogens (tertiary/aromatic N) is 3. The van der Waals surface area contributed by atoms with Gasteiger partial charge in [-0.1, -0.05) is 70.5 Å². The maximum atomic E-state index is 10.2. The topological polar surface area (TPSA) is 70.4 Å². The van der Waals surface area contributed by atoms with Gasteiger partial charge in [0.25, 0.3) is 0 Å². The van der Waals surface area contributed by atoms with Gasteiger partial charge in [-0.25, -0.2) is 9.97 Å². The van der Waals surface area contributed by atoms with E-state index in [2.05, 4.69) is 36.4 Å². The average molecular weight is 445 g/mol. The van der Waals surface area contributed by atoms with Crippen LogP contribution in [0.2, 0.25) is 0 Å². The molecule has 0 fully saturated rings. The molecule has 6 heteroatoms. The molecule has 0 bridgehead atoms. The van der Waals surface area contributed by atoms with Gasteiger partial charge < -0.3 is 5.11 Å². The maximum absolute atomic E-state index is 10.2. The van der Waals surface area contributed by atoms with Crippen LogP contribution < -0.4 is 5.43 Å². The van der Waals surface area contributed by atoms with Crippen LogP contribution in [0.4, 0.5) is 5.82 Å². The summed E-state index contributed by atoms with van der Waals surface area (Å²) in [5.74, 6) is 1.24. The molecule has 0 aliphatic heterocycles. The molecule has 0 amide bonds. The number of phenolic OH excluding ortho intramolecular Hbond substituents is 1. The van der Waals surface area contributed by atoms with E-state index in [0.717, 1.165) is 15.6 Å². The number of para-hydroxylation sites is 1. The average Bonchev–Trinajstić information content (AvgIpc) is 2.76. The van der Waals surface area contributed by atoms with Gasteiger partial charge in [-0.3, -0.25) is 5.43 Å². The molecule has 3 aromatic carbocycles. The third kappa shape index (κ3) is 4.67. The number of anilines is 1. The van der Waals surface area contributed by atoms with E-state index in [1.165, 1.54) is 0 Å². The Bertz CT molecular complexity index is 1150. The highest BCUT2D eigenvalue weighted by molar-refractivity contribution is 9.10. The quantitative estimate of drug-likeness (QED) is 0.304. The fourth-order valence-corrected chi connectivity index (χ4v) is 3.04. The molecule has 0 spiro atoms. The SMILES string of the molecule is Oc1ccccc1-c1cc(N/N=C/c2ccc(Br)cc2)nc(-c2ccccc2)n1. The number of halogens is 1. The first-order chi connectivity index (χ1) is 14.2. The molecule has 5 nitrogen and oxygen atoms in total. The zero-order valence-electron chi connectivity index (χ0n) is 15.3. The van der Waals surface area contributed by atoms with Crippen LogP contribution in [0.5, 0.6) is 5.75 Å². The van der Waals surface area contributed by atoms with Gasteiger partial charge in [-0.15, -0.1) is 0 Å². The Balaban J connectivity index is 1.70. The van der Waals surface area contributed by atoms with E-state index < -0.39 is 0 Å². The molecule has 1 heterocycles. The number of hydrazone groups is 1. The fourth-order valence-electron chi connectivity index (χ4n) is 2.77. The summed E-state index contributed by atoms with van der Waals surface area (Å²) in [5, 5.41) is 14.5. The van der Waals surface area contributed by atoms with Crippen LogP contribution in [-0.2, 0) is 0 Å². The third-order valence-corrected chi connectivity index (χ3v) is 4.73. The van der Waals surface area contributed by atoms with Crippen LogP contribution >= 0.6 is 15.9 Å². The van der Waals surface area contributed by atoms with Crippen molar-refractivity contribution in [3.8, 4) is 28.4 Å². The summed E-state index contributed by atoms with van der Waals surface area (Å²) in [6, 6.07) is 26.4. The summed E-state index contributed by atoms with van der Waals surface area (Å²) in [6.07, 6.45) is 1.72. The monoisotopic (exact) mass is 444 g/mol. The summed E-state index contributed by atoms with van der Waals surface area (Å²) in [6.45, 7) is 0. The van der Waals surface area contributed by atoms with Crippen molar-refractivity contribution in [3.63, 3.8) is 0 Å². The Morgan fingerprint density at radius 2 is 1.59 bits per heavy atom. The highest BCUT2D eigenvalue weighted by Gasteiger charge is 2.11. The van der Waals surface area contributed by atoms with Crippen LogP contribution in [-0.4, -0.2) is 21.3 Å². The lowest BCUT2D eigenvalue weighted by Gasteiger charge is -2.09. The molecule has 0 unspecified atom stereocenters. The molecule has 2 N–H and O–H groups in total. The molecule has 0 radical (unpaired) electrons. The van der Waals surface area contributed by atoms with E-state index in [9.17, 15) is 5.11 Å². The number of aromatic hydroxyl groups is 1. The number of phenols is 1. The second-order valence-electron chi connectivity index (χ2n) is 6.27. The summed E-state index contributed by atoms with van der Waals surface area (Å²) in [7, 11) is 0. The van der Waals surface area contributed by atoms with Crippen molar-refractivity contribution >= 4 is 28.0 Å². The van der Waals surface area contributed by atoms with Crippen molar-refractivity contribution in [2.75, 3.05) is 5.43 Å². The zero-order chi connectivity index (χ0) is 20.1. The van der Waals surface area contributed by atoms with Crippen molar-refractivity contribution in [2.24, 2.45) is 5.10 Å². The van der Waals surface area contributed by atoms with Crippen LogP contribution in [0.25, 0.3) is 22.6 Å². The van der Waals surface area contributed by atoms with Gasteiger partial charge in [0.15, 0.2) is 11.6 Å². The lowest BCUT2D eigenvalue weighted by Crippen LogP contribution is -1.99. The van der Waals surface area contributed by atoms with Gasteiger partial charge in [0.1, 0.15) is 5.75 Å². The molecular formula is C23H17BrN4O. The maximum Gasteiger partial charge on any atom is 0.162 e. The first-order valence-corrected chi connectivity index (χ1v) is 9.76. The largest absolute Gasteiger partial charge is 0.507 e. The summed E-state index contributed by atoms with van der Waals surface area (Å²) in [4.78, 5) is 9.22. The number of hydrogen-bond acceptors (Lipinski definition) is 5. The minimum atomic E-state index is 0.162.